The Kier molecular flexibility index (Phi) is 2.83. The number of Topliss-reactive ketones (excluding diaryl/α,β-unsaturated/α-hetero) is 1. The molecule has 1 aromatic carbocycles. The van der Waals surface area contributed by atoms with Crippen molar-refractivity contribution in [2.24, 2.45) is 5.41 Å². The maximum atomic E-state index is 13.4. The molecule has 2 rings (SSSR count). The van der Waals surface area contributed by atoms with E-state index in [0.29, 0.717) is 11.1 Å². The average molecular weight is 220 g/mol. The van der Waals surface area contributed by atoms with Crippen LogP contribution in [0.4, 0.5) is 4.39 Å². The fraction of sp³-hybridized carbons (Fsp3) is 0.500. The van der Waals surface area contributed by atoms with Crippen LogP contribution in [-0.4, -0.2) is 5.78 Å². The van der Waals surface area contributed by atoms with Crippen LogP contribution in [0.15, 0.2) is 18.2 Å². The normalized spacial score (nSPS) is 18.7. The molecule has 0 amide bonds. The van der Waals surface area contributed by atoms with Crippen LogP contribution < -0.4 is 0 Å². The zero-order valence-corrected chi connectivity index (χ0v) is 9.85. The summed E-state index contributed by atoms with van der Waals surface area (Å²) in [6.07, 6.45) is 4.08. The van der Waals surface area contributed by atoms with E-state index in [4.69, 9.17) is 0 Å². The molecule has 1 aliphatic rings. The van der Waals surface area contributed by atoms with E-state index in [2.05, 4.69) is 0 Å². The van der Waals surface area contributed by atoms with Crippen LogP contribution in [0, 0.1) is 18.2 Å². The second kappa shape index (κ2) is 4.00. The van der Waals surface area contributed by atoms with E-state index in [9.17, 15) is 9.18 Å². The molecule has 16 heavy (non-hydrogen) atoms. The monoisotopic (exact) mass is 220 g/mol. The first-order chi connectivity index (χ1) is 7.53. The Morgan fingerprint density at radius 2 is 1.94 bits per heavy atom. The Hall–Kier alpha value is -1.18. The molecule has 0 heterocycles. The highest BCUT2D eigenvalue weighted by Crippen LogP contribution is 2.40. The first-order valence-electron chi connectivity index (χ1n) is 5.84. The van der Waals surface area contributed by atoms with Gasteiger partial charge in [-0.15, -0.1) is 0 Å². The minimum absolute atomic E-state index is 0.101. The van der Waals surface area contributed by atoms with Crippen LogP contribution in [0.2, 0.25) is 0 Å². The van der Waals surface area contributed by atoms with Gasteiger partial charge in [0, 0.05) is 11.0 Å². The van der Waals surface area contributed by atoms with Gasteiger partial charge in [0.2, 0.25) is 0 Å². The van der Waals surface area contributed by atoms with E-state index in [1.165, 1.54) is 6.07 Å². The topological polar surface area (TPSA) is 17.1 Å². The Morgan fingerprint density at radius 1 is 1.31 bits per heavy atom. The average Bonchev–Trinajstić information content (AvgIpc) is 2.70. The van der Waals surface area contributed by atoms with Gasteiger partial charge in [0.25, 0.3) is 0 Å². The van der Waals surface area contributed by atoms with Crippen LogP contribution in [0.3, 0.4) is 0 Å². The number of hydrogen-bond donors (Lipinski definition) is 0. The van der Waals surface area contributed by atoms with E-state index in [1.807, 2.05) is 6.92 Å². The third kappa shape index (κ3) is 1.89. The highest BCUT2D eigenvalue weighted by molar-refractivity contribution is 6.00. The molecule has 0 saturated heterocycles. The minimum atomic E-state index is -0.285. The lowest BCUT2D eigenvalue weighted by Crippen LogP contribution is -2.24. The van der Waals surface area contributed by atoms with Gasteiger partial charge in [-0.2, -0.15) is 0 Å². The SMILES string of the molecule is Cc1ccc(C(=O)C2(C)CCCC2)cc1F. The molecule has 1 aromatic rings. The van der Waals surface area contributed by atoms with E-state index in [0.717, 1.165) is 25.7 Å². The zero-order valence-electron chi connectivity index (χ0n) is 9.85. The van der Waals surface area contributed by atoms with Gasteiger partial charge in [0.15, 0.2) is 5.78 Å². The van der Waals surface area contributed by atoms with Gasteiger partial charge in [-0.25, -0.2) is 4.39 Å². The third-order valence-electron chi connectivity index (χ3n) is 3.69. The Bertz CT molecular complexity index is 417. The van der Waals surface area contributed by atoms with E-state index in [-0.39, 0.29) is 17.0 Å². The number of halogens is 1. The standard InChI is InChI=1S/C14H17FO/c1-10-5-6-11(9-12(10)15)13(16)14(2)7-3-4-8-14/h5-6,9H,3-4,7-8H2,1-2H3. The molecule has 1 aliphatic carbocycles. The highest BCUT2D eigenvalue weighted by atomic mass is 19.1. The summed E-state index contributed by atoms with van der Waals surface area (Å²) in [7, 11) is 0. The van der Waals surface area contributed by atoms with Gasteiger partial charge in [0.05, 0.1) is 0 Å². The van der Waals surface area contributed by atoms with Gasteiger partial charge >= 0.3 is 0 Å². The lowest BCUT2D eigenvalue weighted by atomic mass is 9.81. The number of benzene rings is 1. The van der Waals surface area contributed by atoms with Crippen LogP contribution in [0.5, 0.6) is 0 Å². The molecule has 0 aromatic heterocycles. The molecule has 1 fully saturated rings. The maximum Gasteiger partial charge on any atom is 0.168 e. The van der Waals surface area contributed by atoms with Gasteiger partial charge in [-0.3, -0.25) is 4.79 Å². The summed E-state index contributed by atoms with van der Waals surface area (Å²) in [4.78, 5) is 12.3. The summed E-state index contributed by atoms with van der Waals surface area (Å²) < 4.78 is 13.4. The molecule has 0 unspecified atom stereocenters. The molecule has 1 saturated carbocycles. The maximum absolute atomic E-state index is 13.4. The molecular weight excluding hydrogens is 203 g/mol. The van der Waals surface area contributed by atoms with Crippen molar-refractivity contribution in [1.29, 1.82) is 0 Å². The van der Waals surface area contributed by atoms with Crippen LogP contribution in [0.1, 0.15) is 48.5 Å². The van der Waals surface area contributed by atoms with Crippen molar-refractivity contribution in [3.05, 3.63) is 35.1 Å². The molecule has 0 N–H and O–H groups in total. The largest absolute Gasteiger partial charge is 0.294 e. The van der Waals surface area contributed by atoms with Crippen molar-refractivity contribution < 1.29 is 9.18 Å². The van der Waals surface area contributed by atoms with Crippen molar-refractivity contribution >= 4 is 5.78 Å². The quantitative estimate of drug-likeness (QED) is 0.691. The fourth-order valence-electron chi connectivity index (χ4n) is 2.46. The third-order valence-corrected chi connectivity index (χ3v) is 3.69. The first-order valence-corrected chi connectivity index (χ1v) is 5.84. The van der Waals surface area contributed by atoms with E-state index >= 15 is 0 Å². The number of rotatable bonds is 2. The minimum Gasteiger partial charge on any atom is -0.294 e. The summed E-state index contributed by atoms with van der Waals surface area (Å²) >= 11 is 0. The van der Waals surface area contributed by atoms with E-state index < -0.39 is 0 Å². The van der Waals surface area contributed by atoms with Crippen LogP contribution in [0.25, 0.3) is 0 Å². The predicted molar refractivity (Wildman–Crippen MR) is 62.0 cm³/mol. The number of carbonyl (C=O) groups excluding carboxylic acids is 1. The van der Waals surface area contributed by atoms with Crippen LogP contribution >= 0.6 is 0 Å². The molecule has 0 bridgehead atoms. The molecule has 2 heteroatoms. The summed E-state index contributed by atoms with van der Waals surface area (Å²) in [5, 5.41) is 0. The van der Waals surface area contributed by atoms with Crippen molar-refractivity contribution in [3.8, 4) is 0 Å². The van der Waals surface area contributed by atoms with Crippen molar-refractivity contribution in [2.45, 2.75) is 39.5 Å². The molecule has 0 radical (unpaired) electrons. The number of ketones is 1. The Labute approximate surface area is 95.7 Å². The second-order valence-electron chi connectivity index (χ2n) is 5.06. The molecule has 0 aliphatic heterocycles. The van der Waals surface area contributed by atoms with Crippen molar-refractivity contribution in [3.63, 3.8) is 0 Å². The van der Waals surface area contributed by atoms with Gasteiger partial charge < -0.3 is 0 Å². The van der Waals surface area contributed by atoms with Gasteiger partial charge in [0.1, 0.15) is 5.82 Å². The molecule has 0 spiro atoms. The van der Waals surface area contributed by atoms with Crippen molar-refractivity contribution in [2.75, 3.05) is 0 Å². The summed E-state index contributed by atoms with van der Waals surface area (Å²) in [6, 6.07) is 4.80. The second-order valence-corrected chi connectivity index (χ2v) is 5.06. The van der Waals surface area contributed by atoms with Gasteiger partial charge in [-0.05, 0) is 31.4 Å². The molecule has 1 nitrogen and oxygen atoms in total. The van der Waals surface area contributed by atoms with Crippen molar-refractivity contribution in [1.82, 2.24) is 0 Å². The predicted octanol–water partition coefficient (Wildman–Crippen LogP) is 3.90. The number of hydrogen-bond acceptors (Lipinski definition) is 1. The Morgan fingerprint density at radius 3 is 2.50 bits per heavy atom. The van der Waals surface area contributed by atoms with E-state index in [1.54, 1.807) is 19.1 Å². The molecular formula is C14H17FO. The zero-order chi connectivity index (χ0) is 11.8. The lowest BCUT2D eigenvalue weighted by molar-refractivity contribution is 0.0823. The Balaban J connectivity index is 2.30. The number of aryl methyl sites for hydroxylation is 1. The van der Waals surface area contributed by atoms with Gasteiger partial charge in [-0.1, -0.05) is 31.9 Å². The summed E-state index contributed by atoms with van der Waals surface area (Å²) in [5.74, 6) is -0.184. The fourth-order valence-corrected chi connectivity index (χ4v) is 2.46. The highest BCUT2D eigenvalue weighted by Gasteiger charge is 2.36. The summed E-state index contributed by atoms with van der Waals surface area (Å²) in [5.41, 5.74) is 0.849. The molecule has 0 atom stereocenters. The smallest absolute Gasteiger partial charge is 0.168 e. The summed E-state index contributed by atoms with van der Waals surface area (Å²) in [6.45, 7) is 3.71. The molecule has 86 valence electrons. The number of carbonyl (C=O) groups is 1. The first kappa shape index (κ1) is 11.3. The lowest BCUT2D eigenvalue weighted by Gasteiger charge is -2.21. The van der Waals surface area contributed by atoms with Crippen LogP contribution in [-0.2, 0) is 0 Å².